The van der Waals surface area contributed by atoms with E-state index in [1.807, 2.05) is 54.6 Å². The van der Waals surface area contributed by atoms with Crippen molar-refractivity contribution in [2.75, 3.05) is 0 Å². The van der Waals surface area contributed by atoms with E-state index in [1.165, 1.54) is 0 Å². The van der Waals surface area contributed by atoms with Crippen LogP contribution in [-0.2, 0) is 0 Å². The molecule has 1 fully saturated rings. The Kier molecular flexibility index (Phi) is 2.86. The first kappa shape index (κ1) is 11.4. The molecule has 2 atom stereocenters. The fourth-order valence-electron chi connectivity index (χ4n) is 2.43. The van der Waals surface area contributed by atoms with E-state index < -0.39 is 12.3 Å². The Hall–Kier alpha value is -1.70. The van der Waals surface area contributed by atoms with E-state index in [1.54, 1.807) is 0 Å². The molecule has 2 aromatic rings. The van der Waals surface area contributed by atoms with Crippen molar-refractivity contribution in [3.8, 4) is 11.1 Å². The molecule has 1 saturated carbocycles. The Morgan fingerprint density at radius 3 is 2.00 bits per heavy atom. The van der Waals surface area contributed by atoms with Crippen molar-refractivity contribution in [1.29, 1.82) is 0 Å². The van der Waals surface area contributed by atoms with Gasteiger partial charge in [0.2, 0.25) is 6.43 Å². The van der Waals surface area contributed by atoms with E-state index in [9.17, 15) is 8.78 Å². The van der Waals surface area contributed by atoms with Gasteiger partial charge in [0.25, 0.3) is 0 Å². The first-order valence-corrected chi connectivity index (χ1v) is 6.19. The Bertz CT molecular complexity index is 517. The van der Waals surface area contributed by atoms with Crippen LogP contribution in [0, 0.1) is 5.92 Å². The van der Waals surface area contributed by atoms with Gasteiger partial charge in [-0.3, -0.25) is 0 Å². The van der Waals surface area contributed by atoms with Crippen molar-refractivity contribution in [2.45, 2.75) is 18.8 Å². The van der Waals surface area contributed by atoms with E-state index in [2.05, 4.69) is 0 Å². The topological polar surface area (TPSA) is 0 Å². The first-order chi connectivity index (χ1) is 8.75. The second-order valence-electron chi connectivity index (χ2n) is 4.83. The highest BCUT2D eigenvalue weighted by Crippen LogP contribution is 2.50. The fourth-order valence-corrected chi connectivity index (χ4v) is 2.43. The zero-order valence-electron chi connectivity index (χ0n) is 9.89. The number of benzene rings is 2. The number of rotatable bonds is 3. The van der Waals surface area contributed by atoms with E-state index in [0.717, 1.165) is 16.7 Å². The average molecular weight is 244 g/mol. The number of hydrogen-bond acceptors (Lipinski definition) is 0. The van der Waals surface area contributed by atoms with Crippen LogP contribution >= 0.6 is 0 Å². The van der Waals surface area contributed by atoms with Gasteiger partial charge >= 0.3 is 0 Å². The molecule has 2 aromatic carbocycles. The van der Waals surface area contributed by atoms with Crippen LogP contribution in [0.5, 0.6) is 0 Å². The van der Waals surface area contributed by atoms with Gasteiger partial charge in [0.15, 0.2) is 0 Å². The lowest BCUT2D eigenvalue weighted by Crippen LogP contribution is -1.95. The van der Waals surface area contributed by atoms with Crippen molar-refractivity contribution < 1.29 is 8.78 Å². The number of hydrogen-bond donors (Lipinski definition) is 0. The molecule has 0 aromatic heterocycles. The summed E-state index contributed by atoms with van der Waals surface area (Å²) in [7, 11) is 0. The highest BCUT2D eigenvalue weighted by atomic mass is 19.3. The number of alkyl halides is 2. The standard InChI is InChI=1S/C16H14F2/c17-16(18)15-10-14(15)13-8-6-12(7-9-13)11-4-2-1-3-5-11/h1-9,14-16H,10H2/t14-,15+/m0/s1. The quantitative estimate of drug-likeness (QED) is 0.732. The van der Waals surface area contributed by atoms with E-state index in [0.29, 0.717) is 6.42 Å². The lowest BCUT2D eigenvalue weighted by atomic mass is 10.0. The summed E-state index contributed by atoms with van der Waals surface area (Å²) in [6, 6.07) is 18.1. The molecule has 92 valence electrons. The van der Waals surface area contributed by atoms with Crippen LogP contribution in [-0.4, -0.2) is 6.43 Å². The van der Waals surface area contributed by atoms with Crippen molar-refractivity contribution in [3.05, 3.63) is 60.2 Å². The molecule has 3 rings (SSSR count). The molecule has 0 radical (unpaired) electrons. The third-order valence-corrected chi connectivity index (χ3v) is 3.61. The van der Waals surface area contributed by atoms with Gasteiger partial charge in [0, 0.05) is 5.92 Å². The third-order valence-electron chi connectivity index (χ3n) is 3.61. The van der Waals surface area contributed by atoms with Crippen molar-refractivity contribution in [1.82, 2.24) is 0 Å². The minimum absolute atomic E-state index is 0.0647. The first-order valence-electron chi connectivity index (χ1n) is 6.19. The maximum absolute atomic E-state index is 12.5. The van der Waals surface area contributed by atoms with Crippen LogP contribution in [0.2, 0.25) is 0 Å². The second-order valence-corrected chi connectivity index (χ2v) is 4.83. The van der Waals surface area contributed by atoms with Gasteiger partial charge in [0.1, 0.15) is 0 Å². The maximum Gasteiger partial charge on any atom is 0.242 e. The van der Waals surface area contributed by atoms with Gasteiger partial charge in [0.05, 0.1) is 0 Å². The van der Waals surface area contributed by atoms with Gasteiger partial charge < -0.3 is 0 Å². The van der Waals surface area contributed by atoms with Crippen LogP contribution in [0.4, 0.5) is 8.78 Å². The second kappa shape index (κ2) is 4.52. The molecular formula is C16H14F2. The molecule has 0 unspecified atom stereocenters. The Morgan fingerprint density at radius 2 is 1.44 bits per heavy atom. The summed E-state index contributed by atoms with van der Waals surface area (Å²) in [6.45, 7) is 0. The monoisotopic (exact) mass is 244 g/mol. The molecule has 0 nitrogen and oxygen atoms in total. The van der Waals surface area contributed by atoms with E-state index >= 15 is 0 Å². The summed E-state index contributed by atoms with van der Waals surface area (Å²) in [4.78, 5) is 0. The average Bonchev–Trinajstić information content (AvgIpc) is 3.20. The van der Waals surface area contributed by atoms with Crippen molar-refractivity contribution >= 4 is 0 Å². The molecule has 0 spiro atoms. The van der Waals surface area contributed by atoms with E-state index in [4.69, 9.17) is 0 Å². The minimum Gasteiger partial charge on any atom is -0.210 e. The highest BCUT2D eigenvalue weighted by molar-refractivity contribution is 5.63. The molecule has 2 heteroatoms. The Balaban J connectivity index is 1.79. The maximum atomic E-state index is 12.5. The molecule has 0 heterocycles. The zero-order valence-corrected chi connectivity index (χ0v) is 9.89. The molecule has 0 saturated heterocycles. The zero-order chi connectivity index (χ0) is 12.5. The predicted molar refractivity (Wildman–Crippen MR) is 68.7 cm³/mol. The Morgan fingerprint density at radius 1 is 0.833 bits per heavy atom. The van der Waals surface area contributed by atoms with Crippen molar-refractivity contribution in [3.63, 3.8) is 0 Å². The molecule has 0 aliphatic heterocycles. The van der Waals surface area contributed by atoms with Crippen LogP contribution in [0.25, 0.3) is 11.1 Å². The molecule has 0 amide bonds. The summed E-state index contributed by atoms with van der Waals surface area (Å²) in [5, 5.41) is 0. The van der Waals surface area contributed by atoms with Gasteiger partial charge in [-0.2, -0.15) is 0 Å². The van der Waals surface area contributed by atoms with Gasteiger partial charge in [-0.05, 0) is 29.0 Å². The van der Waals surface area contributed by atoms with E-state index in [-0.39, 0.29) is 5.92 Å². The third kappa shape index (κ3) is 2.15. The molecular weight excluding hydrogens is 230 g/mol. The summed E-state index contributed by atoms with van der Waals surface area (Å²) >= 11 is 0. The fraction of sp³-hybridized carbons (Fsp3) is 0.250. The molecule has 1 aliphatic rings. The summed E-state index contributed by atoms with van der Waals surface area (Å²) in [5.74, 6) is -0.359. The summed E-state index contributed by atoms with van der Waals surface area (Å²) < 4.78 is 25.0. The molecule has 0 N–H and O–H groups in total. The highest BCUT2D eigenvalue weighted by Gasteiger charge is 2.44. The molecule has 18 heavy (non-hydrogen) atoms. The number of halogens is 2. The molecule has 1 aliphatic carbocycles. The van der Waals surface area contributed by atoms with Crippen LogP contribution < -0.4 is 0 Å². The predicted octanol–water partition coefficient (Wildman–Crippen LogP) is 4.72. The Labute approximate surface area is 105 Å². The SMILES string of the molecule is FC(F)[C@@H]1C[C@H]1c1ccc(-c2ccccc2)cc1. The lowest BCUT2D eigenvalue weighted by molar-refractivity contribution is 0.120. The summed E-state index contributed by atoms with van der Waals surface area (Å²) in [5.41, 5.74) is 3.33. The normalized spacial score (nSPS) is 22.2. The lowest BCUT2D eigenvalue weighted by Gasteiger charge is -2.04. The van der Waals surface area contributed by atoms with Gasteiger partial charge in [-0.15, -0.1) is 0 Å². The van der Waals surface area contributed by atoms with Crippen molar-refractivity contribution in [2.24, 2.45) is 5.92 Å². The van der Waals surface area contributed by atoms with Crippen LogP contribution in [0.3, 0.4) is 0 Å². The minimum atomic E-state index is -2.18. The molecule has 0 bridgehead atoms. The summed E-state index contributed by atoms with van der Waals surface area (Å²) in [6.07, 6.45) is -1.55. The van der Waals surface area contributed by atoms with Gasteiger partial charge in [-0.1, -0.05) is 54.6 Å². The smallest absolute Gasteiger partial charge is 0.210 e. The largest absolute Gasteiger partial charge is 0.242 e. The van der Waals surface area contributed by atoms with Crippen LogP contribution in [0.1, 0.15) is 17.9 Å². The van der Waals surface area contributed by atoms with Crippen LogP contribution in [0.15, 0.2) is 54.6 Å². The van der Waals surface area contributed by atoms with Gasteiger partial charge in [-0.25, -0.2) is 8.78 Å².